The molecule has 1 aromatic rings. The summed E-state index contributed by atoms with van der Waals surface area (Å²) in [6, 6.07) is 3.71. The molecule has 1 heterocycles. The average molecular weight is 396 g/mol. The van der Waals surface area contributed by atoms with Crippen molar-refractivity contribution < 1.29 is 22.7 Å². The van der Waals surface area contributed by atoms with Crippen LogP contribution in [0.25, 0.3) is 0 Å². The molecule has 1 atom stereocenters. The van der Waals surface area contributed by atoms with Crippen molar-refractivity contribution in [2.24, 2.45) is 0 Å². The Morgan fingerprint density at radius 1 is 1.27 bits per heavy atom. The van der Waals surface area contributed by atoms with Crippen molar-refractivity contribution >= 4 is 18.3 Å². The molecule has 1 fully saturated rings. The first-order valence-corrected chi connectivity index (χ1v) is 8.25. The molecule has 1 aliphatic rings. The molecule has 26 heavy (non-hydrogen) atoms. The Balaban J connectivity index is 0.00000338. The van der Waals surface area contributed by atoms with Crippen molar-refractivity contribution in [3.05, 3.63) is 29.3 Å². The largest absolute Gasteiger partial charge is 0.484 e. The van der Waals surface area contributed by atoms with Gasteiger partial charge in [-0.15, -0.1) is 12.4 Å². The standard InChI is InChI=1S/C17H24F3N3O2.ClH/c1-12-3-4-14(9-13(12)2)25-11-16(24)22-10-15(17(18,19)20)23-7-5-21-6-8-23;/h3-4,9,15,21H,5-8,10-11H2,1-2H3,(H,22,24);1H. The highest BCUT2D eigenvalue weighted by Crippen LogP contribution is 2.24. The number of rotatable bonds is 6. The topological polar surface area (TPSA) is 53.6 Å². The molecular formula is C17H25ClF3N3O2. The zero-order valence-electron chi connectivity index (χ0n) is 14.9. The van der Waals surface area contributed by atoms with Crippen molar-refractivity contribution in [2.75, 3.05) is 39.3 Å². The van der Waals surface area contributed by atoms with Crippen molar-refractivity contribution in [1.29, 1.82) is 0 Å². The van der Waals surface area contributed by atoms with E-state index in [0.29, 0.717) is 31.9 Å². The molecule has 2 rings (SSSR count). The molecule has 2 N–H and O–H groups in total. The van der Waals surface area contributed by atoms with Gasteiger partial charge < -0.3 is 15.4 Å². The number of benzene rings is 1. The summed E-state index contributed by atoms with van der Waals surface area (Å²) in [5, 5.41) is 5.35. The number of carbonyl (C=O) groups is 1. The second-order valence-electron chi connectivity index (χ2n) is 6.18. The Hall–Kier alpha value is -1.51. The summed E-state index contributed by atoms with van der Waals surface area (Å²) in [5.41, 5.74) is 2.12. The Morgan fingerprint density at radius 2 is 1.92 bits per heavy atom. The number of nitrogens with zero attached hydrogens (tertiary/aromatic N) is 1. The second kappa shape index (κ2) is 9.99. The highest BCUT2D eigenvalue weighted by molar-refractivity contribution is 5.85. The van der Waals surface area contributed by atoms with Crippen LogP contribution in [0.3, 0.4) is 0 Å². The lowest BCUT2D eigenvalue weighted by Gasteiger charge is -2.35. The highest BCUT2D eigenvalue weighted by Gasteiger charge is 2.43. The molecule has 1 aromatic carbocycles. The number of nitrogens with one attached hydrogen (secondary N) is 2. The van der Waals surface area contributed by atoms with Crippen molar-refractivity contribution in [2.45, 2.75) is 26.1 Å². The maximum Gasteiger partial charge on any atom is 0.405 e. The first-order chi connectivity index (χ1) is 11.8. The van der Waals surface area contributed by atoms with Crippen LogP contribution in [0, 0.1) is 13.8 Å². The van der Waals surface area contributed by atoms with E-state index in [0.717, 1.165) is 11.1 Å². The number of halogens is 4. The van der Waals surface area contributed by atoms with E-state index >= 15 is 0 Å². The lowest BCUT2D eigenvalue weighted by Crippen LogP contribution is -2.57. The number of hydrogen-bond donors (Lipinski definition) is 2. The van der Waals surface area contributed by atoms with Crippen LogP contribution in [0.15, 0.2) is 18.2 Å². The third-order valence-electron chi connectivity index (χ3n) is 4.31. The van der Waals surface area contributed by atoms with Crippen molar-refractivity contribution in [1.82, 2.24) is 15.5 Å². The number of piperazine rings is 1. The van der Waals surface area contributed by atoms with Gasteiger partial charge in [0.15, 0.2) is 6.61 Å². The fourth-order valence-electron chi connectivity index (χ4n) is 2.66. The molecule has 0 saturated carbocycles. The van der Waals surface area contributed by atoms with Gasteiger partial charge in [-0.2, -0.15) is 13.2 Å². The van der Waals surface area contributed by atoms with Crippen LogP contribution in [-0.2, 0) is 4.79 Å². The summed E-state index contributed by atoms with van der Waals surface area (Å²) in [4.78, 5) is 13.2. The van der Waals surface area contributed by atoms with Gasteiger partial charge in [0.05, 0.1) is 0 Å². The zero-order valence-corrected chi connectivity index (χ0v) is 15.7. The van der Waals surface area contributed by atoms with Gasteiger partial charge >= 0.3 is 6.18 Å². The predicted octanol–water partition coefficient (Wildman–Crippen LogP) is 2.06. The summed E-state index contributed by atoms with van der Waals surface area (Å²) in [5.74, 6) is -0.0460. The molecule has 1 amide bonds. The fourth-order valence-corrected chi connectivity index (χ4v) is 2.66. The minimum absolute atomic E-state index is 0. The van der Waals surface area contributed by atoms with E-state index in [1.807, 2.05) is 19.9 Å². The van der Waals surface area contributed by atoms with E-state index in [-0.39, 0.29) is 19.0 Å². The third kappa shape index (κ3) is 6.66. The molecule has 0 aromatic heterocycles. The lowest BCUT2D eigenvalue weighted by atomic mass is 10.1. The summed E-state index contributed by atoms with van der Waals surface area (Å²) in [6.45, 7) is 4.72. The minimum atomic E-state index is -4.39. The number of ether oxygens (including phenoxy) is 1. The van der Waals surface area contributed by atoms with Crippen LogP contribution in [0.1, 0.15) is 11.1 Å². The smallest absolute Gasteiger partial charge is 0.405 e. The highest BCUT2D eigenvalue weighted by atomic mass is 35.5. The summed E-state index contributed by atoms with van der Waals surface area (Å²) >= 11 is 0. The van der Waals surface area contributed by atoms with Crippen LogP contribution >= 0.6 is 12.4 Å². The quantitative estimate of drug-likeness (QED) is 0.774. The maximum atomic E-state index is 13.2. The van der Waals surface area contributed by atoms with Crippen molar-refractivity contribution in [3.63, 3.8) is 0 Å². The van der Waals surface area contributed by atoms with E-state index < -0.39 is 24.7 Å². The summed E-state index contributed by atoms with van der Waals surface area (Å²) in [7, 11) is 0. The molecule has 148 valence electrons. The first-order valence-electron chi connectivity index (χ1n) is 8.25. The van der Waals surface area contributed by atoms with E-state index in [4.69, 9.17) is 4.74 Å². The van der Waals surface area contributed by atoms with Crippen LogP contribution in [-0.4, -0.2) is 62.4 Å². The SMILES string of the molecule is Cc1ccc(OCC(=O)NCC(N2CCNCC2)C(F)(F)F)cc1C.Cl. The predicted molar refractivity (Wildman–Crippen MR) is 96.0 cm³/mol. The number of hydrogen-bond acceptors (Lipinski definition) is 4. The van der Waals surface area contributed by atoms with Gasteiger partial charge in [-0.3, -0.25) is 9.69 Å². The van der Waals surface area contributed by atoms with Gasteiger partial charge in [-0.25, -0.2) is 0 Å². The summed E-state index contributed by atoms with van der Waals surface area (Å²) < 4.78 is 45.1. The fraction of sp³-hybridized carbons (Fsp3) is 0.588. The first kappa shape index (κ1) is 22.5. The van der Waals surface area contributed by atoms with Gasteiger partial charge in [-0.05, 0) is 37.1 Å². The van der Waals surface area contributed by atoms with Crippen LogP contribution < -0.4 is 15.4 Å². The number of amides is 1. The molecule has 1 unspecified atom stereocenters. The molecule has 5 nitrogen and oxygen atoms in total. The Morgan fingerprint density at radius 3 is 2.50 bits per heavy atom. The Labute approximate surface area is 157 Å². The van der Waals surface area contributed by atoms with Gasteiger partial charge in [0.1, 0.15) is 11.8 Å². The van der Waals surface area contributed by atoms with Gasteiger partial charge in [-0.1, -0.05) is 6.07 Å². The Bertz CT molecular complexity index is 593. The Kier molecular flexibility index (Phi) is 8.66. The van der Waals surface area contributed by atoms with Crippen LogP contribution in [0.2, 0.25) is 0 Å². The monoisotopic (exact) mass is 395 g/mol. The van der Waals surface area contributed by atoms with Gasteiger partial charge in [0.2, 0.25) is 0 Å². The lowest BCUT2D eigenvalue weighted by molar-refractivity contribution is -0.184. The molecule has 0 aliphatic carbocycles. The third-order valence-corrected chi connectivity index (χ3v) is 4.31. The van der Waals surface area contributed by atoms with Crippen LogP contribution in [0.4, 0.5) is 13.2 Å². The van der Waals surface area contributed by atoms with E-state index in [2.05, 4.69) is 10.6 Å². The maximum absolute atomic E-state index is 13.2. The molecular weight excluding hydrogens is 371 g/mol. The van der Waals surface area contributed by atoms with Gasteiger partial charge in [0, 0.05) is 32.7 Å². The molecule has 1 saturated heterocycles. The normalized spacial score (nSPS) is 16.5. The van der Waals surface area contributed by atoms with Gasteiger partial charge in [0.25, 0.3) is 5.91 Å². The molecule has 9 heteroatoms. The zero-order chi connectivity index (χ0) is 18.4. The van der Waals surface area contributed by atoms with Crippen molar-refractivity contribution in [3.8, 4) is 5.75 Å². The molecule has 0 spiro atoms. The molecule has 1 aliphatic heterocycles. The number of carbonyl (C=O) groups excluding carboxylic acids is 1. The average Bonchev–Trinajstić information content (AvgIpc) is 2.56. The number of aryl methyl sites for hydroxylation is 2. The van der Waals surface area contributed by atoms with E-state index in [1.165, 1.54) is 4.90 Å². The minimum Gasteiger partial charge on any atom is -0.484 e. The molecule has 0 radical (unpaired) electrons. The number of alkyl halides is 3. The molecule has 0 bridgehead atoms. The summed E-state index contributed by atoms with van der Waals surface area (Å²) in [6.07, 6.45) is -4.39. The second-order valence-corrected chi connectivity index (χ2v) is 6.18. The van der Waals surface area contributed by atoms with E-state index in [1.54, 1.807) is 12.1 Å². The van der Waals surface area contributed by atoms with Crippen LogP contribution in [0.5, 0.6) is 5.75 Å². The van der Waals surface area contributed by atoms with E-state index in [9.17, 15) is 18.0 Å².